The van der Waals surface area contributed by atoms with Crippen LogP contribution in [0.5, 0.6) is 0 Å². The van der Waals surface area contributed by atoms with Gasteiger partial charge >= 0.3 is 5.97 Å². The van der Waals surface area contributed by atoms with E-state index in [9.17, 15) is 28.8 Å². The number of unbranched alkanes of at least 4 members (excludes halogenated alkanes) is 13. The van der Waals surface area contributed by atoms with E-state index in [1.54, 1.807) is 39.6 Å². The number of aliphatic carboxylic acids is 1. The van der Waals surface area contributed by atoms with Crippen molar-refractivity contribution in [3.63, 3.8) is 0 Å². The predicted octanol–water partition coefficient (Wildman–Crippen LogP) is 7.73. The van der Waals surface area contributed by atoms with Crippen molar-refractivity contribution in [2.24, 2.45) is 17.4 Å². The number of primary amides is 1. The fourth-order valence-electron chi connectivity index (χ4n) is 4.24. The van der Waals surface area contributed by atoms with E-state index < -0.39 is 11.9 Å². The number of carboxylic acids is 1. The van der Waals surface area contributed by atoms with Gasteiger partial charge in [0.1, 0.15) is 18.7 Å². The molecule has 0 spiro atoms. The Kier molecular flexibility index (Phi) is 87.2. The number of hydrogen-bond acceptors (Lipinski definition) is 13. The molecule has 0 saturated heterocycles. The zero-order valence-corrected chi connectivity index (χ0v) is 46.1. The smallest absolute Gasteiger partial charge is 0.303 e. The van der Waals surface area contributed by atoms with Crippen molar-refractivity contribution in [1.82, 2.24) is 15.5 Å². The molecule has 0 aromatic rings. The number of carbonyl (C=O) groups is 6. The van der Waals surface area contributed by atoms with Crippen molar-refractivity contribution in [1.29, 1.82) is 0 Å². The topological polar surface area (TPSA) is 261 Å². The summed E-state index contributed by atoms with van der Waals surface area (Å²) in [4.78, 5) is 64.3. The van der Waals surface area contributed by atoms with Gasteiger partial charge in [-0.2, -0.15) is 11.8 Å². The molecule has 0 aliphatic rings. The fraction of sp³-hybridized carbons (Fsp3) is 0.840. The van der Waals surface area contributed by atoms with Gasteiger partial charge in [0.2, 0.25) is 17.7 Å². The second-order valence-electron chi connectivity index (χ2n) is 16.2. The lowest BCUT2D eigenvalue weighted by molar-refractivity contribution is -0.137. The number of ether oxygens (including phenoxy) is 2. The SMILES string of the molecule is C=C(C)C(=O)N(C)C(C)C=O.CC(C)=O.CC(C)C(C)O.CCC.CNCCOCCOCC(N)=O.CO.CSC.NCCCCCC(=O)NCCCCCCCCCCCCCCC(=O)O. The van der Waals surface area contributed by atoms with E-state index >= 15 is 0 Å². The number of nitrogens with one attached hydrogen (secondary N) is 2. The maximum absolute atomic E-state index is 11.6. The van der Waals surface area contributed by atoms with Crippen LogP contribution >= 0.6 is 11.8 Å². The maximum atomic E-state index is 11.6. The molecule has 0 aliphatic carbocycles. The molecule has 2 atom stereocenters. The third-order valence-corrected chi connectivity index (χ3v) is 8.32. The highest BCUT2D eigenvalue weighted by atomic mass is 32.2. The summed E-state index contributed by atoms with van der Waals surface area (Å²) in [6, 6.07) is -0.376. The number of likely N-dealkylation sites (N-methyl/N-ethyl adjacent to an activating group) is 2. The van der Waals surface area contributed by atoms with Crippen LogP contribution in [0.15, 0.2) is 12.2 Å². The second kappa shape index (κ2) is 72.1. The monoisotopic (exact) mass is 986 g/mol. The van der Waals surface area contributed by atoms with Gasteiger partial charge in [0, 0.05) is 45.7 Å². The van der Waals surface area contributed by atoms with Crippen LogP contribution in [0.1, 0.15) is 178 Å². The summed E-state index contributed by atoms with van der Waals surface area (Å²) in [6.45, 7) is 23.7. The Morgan fingerprint density at radius 1 is 0.731 bits per heavy atom. The number of ketones is 1. The number of thioether (sulfide) groups is 1. The van der Waals surface area contributed by atoms with Gasteiger partial charge < -0.3 is 61.4 Å². The number of Topliss-reactive ketones (excluding diaryl/α,β-unsaturated/α-hetero) is 1. The maximum Gasteiger partial charge on any atom is 0.303 e. The van der Waals surface area contributed by atoms with Gasteiger partial charge in [-0.15, -0.1) is 0 Å². The Balaban J connectivity index is -0.000000118. The minimum Gasteiger partial charge on any atom is -0.481 e. The molecule has 0 radical (unpaired) electrons. The van der Waals surface area contributed by atoms with E-state index in [1.165, 1.54) is 83.0 Å². The number of aldehydes is 1. The van der Waals surface area contributed by atoms with Gasteiger partial charge in [0.05, 0.1) is 32.0 Å². The molecule has 0 saturated carbocycles. The van der Waals surface area contributed by atoms with Crippen LogP contribution in [0.2, 0.25) is 0 Å². The van der Waals surface area contributed by atoms with Crippen molar-refractivity contribution in [3.8, 4) is 0 Å². The van der Waals surface area contributed by atoms with Gasteiger partial charge in [-0.25, -0.2) is 0 Å². The van der Waals surface area contributed by atoms with Crippen molar-refractivity contribution in [2.75, 3.05) is 79.8 Å². The minimum atomic E-state index is -0.675. The Labute approximate surface area is 414 Å². The van der Waals surface area contributed by atoms with Gasteiger partial charge in [0.15, 0.2) is 0 Å². The molecule has 0 rings (SSSR count). The number of amides is 3. The molecular formula is C50H107N5O11S. The molecule has 0 aromatic heterocycles. The number of rotatable bonds is 32. The zero-order valence-electron chi connectivity index (χ0n) is 45.3. The summed E-state index contributed by atoms with van der Waals surface area (Å²) in [7, 11) is 4.43. The predicted molar refractivity (Wildman–Crippen MR) is 282 cm³/mol. The number of aliphatic hydroxyl groups is 2. The Hall–Kier alpha value is -2.93. The highest BCUT2D eigenvalue weighted by Crippen LogP contribution is 2.12. The summed E-state index contributed by atoms with van der Waals surface area (Å²) in [5.74, 6) is -0.560. The number of carbonyl (C=O) groups excluding carboxylic acids is 5. The standard InChI is InChI=1S/C21H42N2O3.C8H13NO2.C7H16N2O3.C5H12O.C3H6O.C3H8.C2H6S.CH4O/c22-18-14-11-12-16-20(24)23-19-15-10-8-6-4-2-1-3-5-7-9-13-17-21(25)26;1-6(2)8(11)9(4)7(3)5-10;1-9-2-3-11-4-5-12-6-7(8)10;1-4(2)5(3)6;1-3(2)4;2*1-3-2;1-2/h1-19,22H2,(H,23,24)(H,25,26);5,7H,1H2,2-4H3;9H,2-6H2,1H3,(H2,8,10);4-6H,1-3H3;1-2H3;3H2,1-2H3;1-2H3;2H,1H3. The molecule has 0 aliphatic heterocycles. The van der Waals surface area contributed by atoms with Gasteiger partial charge in [0.25, 0.3) is 0 Å². The van der Waals surface area contributed by atoms with Crippen LogP contribution in [0.4, 0.5) is 0 Å². The van der Waals surface area contributed by atoms with Crippen LogP contribution in [0.25, 0.3) is 0 Å². The summed E-state index contributed by atoms with van der Waals surface area (Å²) >= 11 is 1.75. The summed E-state index contributed by atoms with van der Waals surface area (Å²) in [5.41, 5.74) is 10.7. The first-order valence-electron chi connectivity index (χ1n) is 24.3. The third-order valence-electron chi connectivity index (χ3n) is 8.32. The van der Waals surface area contributed by atoms with E-state index in [0.717, 1.165) is 71.6 Å². The molecule has 0 bridgehead atoms. The van der Waals surface area contributed by atoms with Crippen LogP contribution in [0, 0.1) is 5.92 Å². The molecule has 9 N–H and O–H groups in total. The summed E-state index contributed by atoms with van der Waals surface area (Å²) in [5, 5.41) is 30.1. The van der Waals surface area contributed by atoms with E-state index in [2.05, 4.69) is 31.1 Å². The first kappa shape index (κ1) is 81.1. The largest absolute Gasteiger partial charge is 0.481 e. The number of nitrogens with two attached hydrogens (primary N) is 2. The fourth-order valence-corrected chi connectivity index (χ4v) is 4.24. The molecule has 67 heavy (non-hydrogen) atoms. The molecule has 0 heterocycles. The third kappa shape index (κ3) is 102. The lowest BCUT2D eigenvalue weighted by Crippen LogP contribution is -2.36. The molecular weight excluding hydrogens is 879 g/mol. The van der Waals surface area contributed by atoms with Gasteiger partial charge in [-0.3, -0.25) is 19.2 Å². The Morgan fingerprint density at radius 3 is 1.45 bits per heavy atom. The van der Waals surface area contributed by atoms with E-state index in [1.807, 2.05) is 33.4 Å². The summed E-state index contributed by atoms with van der Waals surface area (Å²) < 4.78 is 9.97. The Bertz CT molecular complexity index is 1060. The second-order valence-corrected chi connectivity index (χ2v) is 17.0. The number of carboxylic acid groups (broad SMARTS) is 1. The molecule has 3 amide bonds. The summed E-state index contributed by atoms with van der Waals surface area (Å²) in [6.07, 6.45) is 24.2. The minimum absolute atomic E-state index is 0.0324. The Morgan fingerprint density at radius 2 is 1.10 bits per heavy atom. The van der Waals surface area contributed by atoms with Gasteiger partial charge in [-0.1, -0.05) is 111 Å². The number of nitrogens with zero attached hydrogens (tertiary/aromatic N) is 1. The molecule has 16 nitrogen and oxygen atoms in total. The normalized spacial score (nSPS) is 10.4. The average Bonchev–Trinajstić information content (AvgIpc) is 3.26. The molecule has 17 heteroatoms. The molecule has 0 aromatic carbocycles. The van der Waals surface area contributed by atoms with Crippen LogP contribution in [0.3, 0.4) is 0 Å². The average molecular weight is 986 g/mol. The van der Waals surface area contributed by atoms with Crippen LogP contribution in [-0.4, -0.2) is 148 Å². The van der Waals surface area contributed by atoms with Crippen molar-refractivity contribution >= 4 is 47.5 Å². The van der Waals surface area contributed by atoms with E-state index in [0.29, 0.717) is 44.2 Å². The van der Waals surface area contributed by atoms with Crippen molar-refractivity contribution in [2.45, 2.75) is 190 Å². The van der Waals surface area contributed by atoms with E-state index in [-0.39, 0.29) is 36.4 Å². The number of hydrogen-bond donors (Lipinski definition) is 7. The van der Waals surface area contributed by atoms with Crippen molar-refractivity contribution < 1.29 is 53.6 Å². The molecule has 0 fully saturated rings. The first-order valence-corrected chi connectivity index (χ1v) is 25.9. The first-order chi connectivity index (χ1) is 31.6. The van der Waals surface area contributed by atoms with Crippen LogP contribution in [-0.2, 0) is 38.2 Å². The van der Waals surface area contributed by atoms with Gasteiger partial charge in [-0.05, 0) is 92.3 Å². The van der Waals surface area contributed by atoms with E-state index in [4.69, 9.17) is 36.3 Å². The molecule has 404 valence electrons. The highest BCUT2D eigenvalue weighted by molar-refractivity contribution is 7.97. The van der Waals surface area contributed by atoms with Crippen molar-refractivity contribution in [3.05, 3.63) is 12.2 Å². The quantitative estimate of drug-likeness (QED) is 0.0193. The lowest BCUT2D eigenvalue weighted by atomic mass is 10.0. The molecule has 2 unspecified atom stereocenters. The zero-order chi connectivity index (χ0) is 53.7. The lowest BCUT2D eigenvalue weighted by Gasteiger charge is -2.19. The highest BCUT2D eigenvalue weighted by Gasteiger charge is 2.14. The van der Waals surface area contributed by atoms with Crippen LogP contribution < -0.4 is 22.1 Å². The number of aliphatic hydroxyl groups excluding tert-OH is 2.